The molecule has 0 unspecified atom stereocenters. The smallest absolute Gasteiger partial charge is 0.120 e. The SMILES string of the molecule is CC1(C)CCC(C)(C)c2cc(-c3[c-]cc4oc5ccccc5c4c3)ncc21.CC1(C)CCC(C)(C)c2cc(-c3cc(-c4ccccc4)ccn3)[c-]cc21.[Ir]. The van der Waals surface area contributed by atoms with E-state index in [-0.39, 0.29) is 41.8 Å². The number of hydrogen-bond acceptors (Lipinski definition) is 3. The molecule has 54 heavy (non-hydrogen) atoms. The maximum atomic E-state index is 5.94. The Kier molecular flexibility index (Phi) is 9.86. The average Bonchev–Trinajstić information content (AvgIpc) is 3.54. The molecule has 1 radical (unpaired) electrons. The Balaban J connectivity index is 0.000000164. The molecule has 9 rings (SSSR count). The number of hydrogen-bond donors (Lipinski definition) is 0. The van der Waals surface area contributed by atoms with Crippen LogP contribution in [0, 0.1) is 12.1 Å². The van der Waals surface area contributed by atoms with Crippen molar-refractivity contribution in [3.05, 3.63) is 144 Å². The van der Waals surface area contributed by atoms with E-state index >= 15 is 0 Å². The number of nitrogens with zero attached hydrogens (tertiary/aromatic N) is 2. The summed E-state index contributed by atoms with van der Waals surface area (Å²) in [6.07, 6.45) is 8.84. The first-order chi connectivity index (χ1) is 25.2. The number of benzene rings is 4. The largest absolute Gasteiger partial charge is 0.500 e. The molecule has 4 heteroatoms. The summed E-state index contributed by atoms with van der Waals surface area (Å²) in [5, 5.41) is 2.26. The van der Waals surface area contributed by atoms with E-state index < -0.39 is 0 Å². The second-order valence-corrected chi connectivity index (χ2v) is 17.8. The van der Waals surface area contributed by atoms with Crippen LogP contribution in [0.15, 0.2) is 114 Å². The first kappa shape index (κ1) is 37.9. The third kappa shape index (κ3) is 7.00. The van der Waals surface area contributed by atoms with E-state index in [1.807, 2.05) is 30.5 Å². The van der Waals surface area contributed by atoms with E-state index in [0.29, 0.717) is 0 Å². The molecule has 0 spiro atoms. The molecule has 3 aromatic heterocycles. The van der Waals surface area contributed by atoms with Crippen molar-refractivity contribution in [3.8, 4) is 33.6 Å². The van der Waals surface area contributed by atoms with Gasteiger partial charge in [0, 0.05) is 37.9 Å². The van der Waals surface area contributed by atoms with Gasteiger partial charge < -0.3 is 14.4 Å². The van der Waals surface area contributed by atoms with E-state index in [2.05, 4.69) is 151 Å². The van der Waals surface area contributed by atoms with E-state index in [4.69, 9.17) is 9.40 Å². The Labute approximate surface area is 335 Å². The second-order valence-electron chi connectivity index (χ2n) is 17.8. The number of fused-ring (bicyclic) bond motifs is 5. The number of furan rings is 1. The minimum atomic E-state index is 0. The first-order valence-electron chi connectivity index (χ1n) is 19.1. The fraction of sp³-hybridized carbons (Fsp3) is 0.320. The van der Waals surface area contributed by atoms with E-state index in [1.165, 1.54) is 59.1 Å². The molecule has 0 atom stereocenters. The predicted octanol–water partition coefficient (Wildman–Crippen LogP) is 13.4. The topological polar surface area (TPSA) is 38.9 Å². The fourth-order valence-corrected chi connectivity index (χ4v) is 8.46. The second kappa shape index (κ2) is 14.0. The Morgan fingerprint density at radius 2 is 1.07 bits per heavy atom. The Morgan fingerprint density at radius 1 is 0.500 bits per heavy atom. The van der Waals surface area contributed by atoms with Crippen LogP contribution < -0.4 is 0 Å². The van der Waals surface area contributed by atoms with Gasteiger partial charge in [0.05, 0.1) is 5.58 Å². The van der Waals surface area contributed by atoms with Crippen LogP contribution in [0.1, 0.15) is 103 Å². The van der Waals surface area contributed by atoms with Gasteiger partial charge in [-0.05, 0) is 86.7 Å². The summed E-state index contributed by atoms with van der Waals surface area (Å²) >= 11 is 0. The molecular formula is C50H50IrN2O-2. The first-order valence-corrected chi connectivity index (χ1v) is 19.1. The van der Waals surface area contributed by atoms with E-state index in [0.717, 1.165) is 44.5 Å². The van der Waals surface area contributed by atoms with Crippen molar-refractivity contribution in [2.75, 3.05) is 0 Å². The van der Waals surface area contributed by atoms with Gasteiger partial charge in [0.15, 0.2) is 0 Å². The van der Waals surface area contributed by atoms with Crippen LogP contribution in [0.4, 0.5) is 0 Å². The monoisotopic (exact) mass is 887 g/mol. The summed E-state index contributed by atoms with van der Waals surface area (Å²) in [6.45, 7) is 18.8. The van der Waals surface area contributed by atoms with Crippen molar-refractivity contribution in [1.82, 2.24) is 9.97 Å². The molecule has 3 heterocycles. The van der Waals surface area contributed by atoms with Crippen molar-refractivity contribution in [2.45, 2.75) is 103 Å². The van der Waals surface area contributed by atoms with Crippen LogP contribution >= 0.6 is 0 Å². The van der Waals surface area contributed by atoms with Gasteiger partial charge in [0.1, 0.15) is 5.58 Å². The molecule has 2 aliphatic rings. The van der Waals surface area contributed by atoms with E-state index in [1.54, 1.807) is 0 Å². The molecule has 0 saturated carbocycles. The molecule has 2 aliphatic carbocycles. The van der Waals surface area contributed by atoms with Crippen LogP contribution in [0.5, 0.6) is 0 Å². The van der Waals surface area contributed by atoms with Crippen LogP contribution in [0.25, 0.3) is 55.6 Å². The van der Waals surface area contributed by atoms with Crippen LogP contribution in [0.2, 0.25) is 0 Å². The molecule has 0 aliphatic heterocycles. The summed E-state index contributed by atoms with van der Waals surface area (Å²) in [5.41, 5.74) is 14.8. The molecule has 277 valence electrons. The summed E-state index contributed by atoms with van der Waals surface area (Å²) in [7, 11) is 0. The van der Waals surface area contributed by atoms with Crippen molar-refractivity contribution in [2.24, 2.45) is 0 Å². The minimum Gasteiger partial charge on any atom is -0.500 e. The number of para-hydroxylation sites is 1. The Morgan fingerprint density at radius 3 is 1.80 bits per heavy atom. The standard InChI is InChI=1S/C25H24NO.C25H26N.Ir/c1-24(2)11-12-25(3,4)20-15-26-21(14-19(20)24)16-9-10-23-18(13-16)17-7-5-6-8-22(17)27-23;1-24(2)13-14-25(3,4)22-16-20(10-11-21(22)24)23-17-19(12-15-26-23)18-8-6-5-7-9-18;/h5-8,10,13-15H,11-12H2,1-4H3;5-9,11-12,15-17H,13-14H2,1-4H3;/q2*-1;. The van der Waals surface area contributed by atoms with Crippen molar-refractivity contribution >= 4 is 21.9 Å². The summed E-state index contributed by atoms with van der Waals surface area (Å²) in [5.74, 6) is 0. The van der Waals surface area contributed by atoms with Gasteiger partial charge in [-0.3, -0.25) is 0 Å². The quantitative estimate of drug-likeness (QED) is 0.166. The minimum absolute atomic E-state index is 0. The van der Waals surface area contributed by atoms with Gasteiger partial charge >= 0.3 is 0 Å². The summed E-state index contributed by atoms with van der Waals surface area (Å²) in [4.78, 5) is 9.47. The third-order valence-corrected chi connectivity index (χ3v) is 12.3. The molecular weight excluding hydrogens is 837 g/mol. The van der Waals surface area contributed by atoms with Crippen LogP contribution in [-0.4, -0.2) is 9.97 Å². The molecule has 0 bridgehead atoms. The average molecular weight is 887 g/mol. The normalized spacial score (nSPS) is 17.4. The van der Waals surface area contributed by atoms with Crippen LogP contribution in [0.3, 0.4) is 0 Å². The number of aromatic nitrogens is 2. The van der Waals surface area contributed by atoms with Gasteiger partial charge in [0.25, 0.3) is 0 Å². The molecule has 7 aromatic rings. The number of rotatable bonds is 3. The fourth-order valence-electron chi connectivity index (χ4n) is 8.46. The molecule has 3 nitrogen and oxygen atoms in total. The zero-order chi connectivity index (χ0) is 37.2. The van der Waals surface area contributed by atoms with Gasteiger partial charge in [-0.15, -0.1) is 58.7 Å². The maximum absolute atomic E-state index is 5.94. The Hall–Kier alpha value is -4.37. The molecule has 0 N–H and O–H groups in total. The summed E-state index contributed by atoms with van der Waals surface area (Å²) in [6, 6.07) is 40.7. The van der Waals surface area contributed by atoms with Gasteiger partial charge in [-0.1, -0.05) is 128 Å². The van der Waals surface area contributed by atoms with Crippen molar-refractivity contribution < 1.29 is 24.5 Å². The van der Waals surface area contributed by atoms with Gasteiger partial charge in [0.2, 0.25) is 0 Å². The Bertz CT molecular complexity index is 2470. The zero-order valence-corrected chi connectivity index (χ0v) is 35.3. The molecule has 0 saturated heterocycles. The van der Waals surface area contributed by atoms with Gasteiger partial charge in [-0.2, -0.15) is 0 Å². The molecule has 0 amide bonds. The number of pyridine rings is 2. The zero-order valence-electron chi connectivity index (χ0n) is 32.9. The molecule has 4 aromatic carbocycles. The van der Waals surface area contributed by atoms with Crippen molar-refractivity contribution in [3.63, 3.8) is 0 Å². The third-order valence-electron chi connectivity index (χ3n) is 12.3. The van der Waals surface area contributed by atoms with Gasteiger partial charge in [-0.25, -0.2) is 0 Å². The van der Waals surface area contributed by atoms with E-state index in [9.17, 15) is 0 Å². The maximum Gasteiger partial charge on any atom is 0.120 e. The van der Waals surface area contributed by atoms with Crippen LogP contribution in [-0.2, 0) is 41.8 Å². The van der Waals surface area contributed by atoms with Crippen molar-refractivity contribution in [1.29, 1.82) is 0 Å². The molecule has 0 fully saturated rings. The predicted molar refractivity (Wildman–Crippen MR) is 220 cm³/mol. The summed E-state index contributed by atoms with van der Waals surface area (Å²) < 4.78 is 5.94.